The summed E-state index contributed by atoms with van der Waals surface area (Å²) in [6.07, 6.45) is 53.3. The SMILES string of the molecule is CCCC/C=C\C/C=C\CCCCCCCC(=O)OC(COC(=O)CCCCCCCCCCCCCCC/C=C\CCCCCCCCCC)COP(=O)(O)OCCN. The highest BCUT2D eigenvalue weighted by molar-refractivity contribution is 7.47. The van der Waals surface area contributed by atoms with Gasteiger partial charge in [-0.1, -0.05) is 198 Å². The maximum atomic E-state index is 12.6. The number of hydrogen-bond acceptors (Lipinski definition) is 8. The lowest BCUT2D eigenvalue weighted by Crippen LogP contribution is -2.29. The van der Waals surface area contributed by atoms with Crippen LogP contribution >= 0.6 is 7.82 Å². The van der Waals surface area contributed by atoms with Crippen molar-refractivity contribution < 1.29 is 37.6 Å². The van der Waals surface area contributed by atoms with E-state index in [1.54, 1.807) is 0 Å². The number of ether oxygens (including phenoxy) is 2. The van der Waals surface area contributed by atoms with Crippen molar-refractivity contribution in [3.05, 3.63) is 36.5 Å². The van der Waals surface area contributed by atoms with Crippen molar-refractivity contribution in [2.45, 2.75) is 245 Å². The molecule has 3 N–H and O–H groups in total. The molecule has 0 fully saturated rings. The van der Waals surface area contributed by atoms with Crippen LogP contribution in [0.1, 0.15) is 239 Å². The van der Waals surface area contributed by atoms with E-state index in [4.69, 9.17) is 24.3 Å². The number of carbonyl (C=O) groups excluding carboxylic acids is 2. The van der Waals surface area contributed by atoms with Crippen LogP contribution < -0.4 is 5.73 Å². The van der Waals surface area contributed by atoms with Crippen LogP contribution in [0.4, 0.5) is 0 Å². The first kappa shape index (κ1) is 58.2. The maximum absolute atomic E-state index is 12.6. The molecule has 9 nitrogen and oxygen atoms in total. The van der Waals surface area contributed by atoms with Crippen molar-refractivity contribution in [2.75, 3.05) is 26.4 Å². The molecule has 0 aliphatic heterocycles. The Balaban J connectivity index is 3.98. The molecule has 0 aromatic heterocycles. The van der Waals surface area contributed by atoms with Crippen molar-refractivity contribution >= 4 is 19.8 Å². The minimum Gasteiger partial charge on any atom is -0.462 e. The lowest BCUT2D eigenvalue weighted by molar-refractivity contribution is -0.161. The molecule has 0 rings (SSSR count). The van der Waals surface area contributed by atoms with Gasteiger partial charge in [0.2, 0.25) is 0 Å². The first-order valence-corrected chi connectivity index (χ1v) is 26.5. The van der Waals surface area contributed by atoms with E-state index in [0.717, 1.165) is 64.2 Å². The summed E-state index contributed by atoms with van der Waals surface area (Å²) in [5.74, 6) is -0.838. The fourth-order valence-electron chi connectivity index (χ4n) is 7.00. The zero-order valence-electron chi connectivity index (χ0n) is 38.9. The summed E-state index contributed by atoms with van der Waals surface area (Å²) in [4.78, 5) is 35.0. The minimum absolute atomic E-state index is 0.0512. The molecule has 0 saturated carbocycles. The molecule has 60 heavy (non-hydrogen) atoms. The lowest BCUT2D eigenvalue weighted by Gasteiger charge is -2.19. The smallest absolute Gasteiger partial charge is 0.462 e. The number of phosphoric ester groups is 1. The highest BCUT2D eigenvalue weighted by Gasteiger charge is 2.26. The molecule has 2 atom stereocenters. The van der Waals surface area contributed by atoms with E-state index in [1.807, 2.05) is 0 Å². The highest BCUT2D eigenvalue weighted by atomic mass is 31.2. The number of unbranched alkanes of at least 4 members (excludes halogenated alkanes) is 28. The molecule has 0 aromatic carbocycles. The molecular weight excluding hydrogens is 774 g/mol. The molecule has 0 aliphatic carbocycles. The number of rotatable bonds is 47. The van der Waals surface area contributed by atoms with E-state index < -0.39 is 26.5 Å². The molecule has 352 valence electrons. The number of phosphoric acid groups is 1. The zero-order chi connectivity index (χ0) is 43.9. The van der Waals surface area contributed by atoms with Crippen molar-refractivity contribution in [3.8, 4) is 0 Å². The fourth-order valence-corrected chi connectivity index (χ4v) is 7.77. The second kappa shape index (κ2) is 46.7. The van der Waals surface area contributed by atoms with Crippen LogP contribution in [0.2, 0.25) is 0 Å². The molecular formula is C50H94NO8P. The lowest BCUT2D eigenvalue weighted by atomic mass is 10.0. The van der Waals surface area contributed by atoms with E-state index in [1.165, 1.54) is 141 Å². The molecule has 0 saturated heterocycles. The largest absolute Gasteiger partial charge is 0.472 e. The Morgan fingerprint density at radius 2 is 0.883 bits per heavy atom. The molecule has 10 heteroatoms. The average Bonchev–Trinajstić information content (AvgIpc) is 3.24. The zero-order valence-corrected chi connectivity index (χ0v) is 39.8. The summed E-state index contributed by atoms with van der Waals surface area (Å²) in [6, 6.07) is 0. The third kappa shape index (κ3) is 45.7. The number of allylic oxidation sites excluding steroid dienone is 6. The summed E-state index contributed by atoms with van der Waals surface area (Å²) in [7, 11) is -4.38. The van der Waals surface area contributed by atoms with Crippen LogP contribution in [-0.2, 0) is 32.7 Å². The molecule has 0 spiro atoms. The molecule has 0 radical (unpaired) electrons. The molecule has 0 bridgehead atoms. The third-order valence-corrected chi connectivity index (χ3v) is 11.7. The molecule has 0 aromatic rings. The topological polar surface area (TPSA) is 134 Å². The van der Waals surface area contributed by atoms with E-state index in [0.29, 0.717) is 6.42 Å². The van der Waals surface area contributed by atoms with Crippen molar-refractivity contribution in [3.63, 3.8) is 0 Å². The van der Waals surface area contributed by atoms with Crippen molar-refractivity contribution in [1.29, 1.82) is 0 Å². The molecule has 0 heterocycles. The number of nitrogens with two attached hydrogens (primary N) is 1. The van der Waals surface area contributed by atoms with E-state index in [9.17, 15) is 19.0 Å². The Bertz CT molecular complexity index is 1080. The summed E-state index contributed by atoms with van der Waals surface area (Å²) in [6.45, 7) is 3.70. The molecule has 0 amide bonds. The van der Waals surface area contributed by atoms with Gasteiger partial charge >= 0.3 is 19.8 Å². The van der Waals surface area contributed by atoms with Crippen LogP contribution in [0, 0.1) is 0 Å². The summed E-state index contributed by atoms with van der Waals surface area (Å²) < 4.78 is 32.9. The summed E-state index contributed by atoms with van der Waals surface area (Å²) >= 11 is 0. The Morgan fingerprint density at radius 3 is 1.33 bits per heavy atom. The standard InChI is InChI=1S/C50H94NO8P/c1-3-5-7-9-11-13-15-17-19-20-21-22-23-24-25-26-27-28-29-31-32-34-36-38-40-42-49(52)56-46-48(47-58-60(54,55)57-45-44-51)59-50(53)43-41-39-37-35-33-30-18-16-14-12-10-8-6-4-2/h10,12,16,18,20-21,48H,3-9,11,13-15,17,19,22-47,51H2,1-2H3,(H,54,55)/b12-10-,18-16-,21-20-. The summed E-state index contributed by atoms with van der Waals surface area (Å²) in [5, 5.41) is 0. The first-order chi connectivity index (χ1) is 29.3. The third-order valence-electron chi connectivity index (χ3n) is 10.7. The second-order valence-electron chi connectivity index (χ2n) is 16.7. The van der Waals surface area contributed by atoms with Gasteiger partial charge < -0.3 is 20.1 Å². The predicted octanol–water partition coefficient (Wildman–Crippen LogP) is 14.9. The first-order valence-electron chi connectivity index (χ1n) is 25.0. The van der Waals surface area contributed by atoms with Gasteiger partial charge in [-0.25, -0.2) is 4.57 Å². The van der Waals surface area contributed by atoms with Gasteiger partial charge in [-0.15, -0.1) is 0 Å². The van der Waals surface area contributed by atoms with Crippen LogP contribution in [0.5, 0.6) is 0 Å². The monoisotopic (exact) mass is 868 g/mol. The van der Waals surface area contributed by atoms with Gasteiger partial charge in [0.05, 0.1) is 13.2 Å². The Labute approximate surface area is 369 Å². The maximum Gasteiger partial charge on any atom is 0.472 e. The van der Waals surface area contributed by atoms with Crippen LogP contribution in [0.3, 0.4) is 0 Å². The predicted molar refractivity (Wildman–Crippen MR) is 252 cm³/mol. The van der Waals surface area contributed by atoms with Crippen LogP contribution in [0.15, 0.2) is 36.5 Å². The van der Waals surface area contributed by atoms with Gasteiger partial charge in [-0.05, 0) is 64.2 Å². The Kier molecular flexibility index (Phi) is 45.3. The van der Waals surface area contributed by atoms with Gasteiger partial charge in [-0.2, -0.15) is 0 Å². The average molecular weight is 868 g/mol. The van der Waals surface area contributed by atoms with E-state index in [-0.39, 0.29) is 38.6 Å². The Hall–Kier alpha value is -1.77. The number of esters is 2. The summed E-state index contributed by atoms with van der Waals surface area (Å²) in [5.41, 5.74) is 5.36. The van der Waals surface area contributed by atoms with Crippen LogP contribution in [0.25, 0.3) is 0 Å². The van der Waals surface area contributed by atoms with Gasteiger partial charge in [0, 0.05) is 19.4 Å². The van der Waals surface area contributed by atoms with Gasteiger partial charge in [-0.3, -0.25) is 18.6 Å². The van der Waals surface area contributed by atoms with Crippen LogP contribution in [-0.4, -0.2) is 49.3 Å². The molecule has 0 aliphatic rings. The van der Waals surface area contributed by atoms with Gasteiger partial charge in [0.1, 0.15) is 6.61 Å². The van der Waals surface area contributed by atoms with E-state index in [2.05, 4.69) is 50.3 Å². The quantitative estimate of drug-likeness (QED) is 0.0265. The van der Waals surface area contributed by atoms with Gasteiger partial charge in [0.25, 0.3) is 0 Å². The van der Waals surface area contributed by atoms with Crippen molar-refractivity contribution in [1.82, 2.24) is 0 Å². The normalized spacial score (nSPS) is 13.5. The highest BCUT2D eigenvalue weighted by Crippen LogP contribution is 2.43. The number of carbonyl (C=O) groups is 2. The van der Waals surface area contributed by atoms with E-state index >= 15 is 0 Å². The minimum atomic E-state index is -4.38. The Morgan fingerprint density at radius 1 is 0.500 bits per heavy atom. The molecule has 2 unspecified atom stereocenters. The second-order valence-corrected chi connectivity index (χ2v) is 18.1. The number of hydrogen-bond donors (Lipinski definition) is 2. The van der Waals surface area contributed by atoms with Gasteiger partial charge in [0.15, 0.2) is 6.10 Å². The fraction of sp³-hybridized carbons (Fsp3) is 0.840. The van der Waals surface area contributed by atoms with Crippen molar-refractivity contribution in [2.24, 2.45) is 5.73 Å².